The number of nitrogens with one attached hydrogen (secondary N) is 2. The van der Waals surface area contributed by atoms with E-state index in [-0.39, 0.29) is 23.9 Å². The first-order valence-electron chi connectivity index (χ1n) is 5.08. The predicted molar refractivity (Wildman–Crippen MR) is 63.9 cm³/mol. The average molecular weight is 232 g/mol. The second-order valence-corrected chi connectivity index (χ2v) is 4.92. The summed E-state index contributed by atoms with van der Waals surface area (Å²) in [6, 6.07) is 0.310. The number of carbonyl (C=O) groups is 2. The number of rotatable bonds is 6. The third kappa shape index (κ3) is 9.59. The van der Waals surface area contributed by atoms with Crippen LogP contribution in [-0.4, -0.2) is 35.4 Å². The minimum absolute atomic E-state index is 0.0210. The summed E-state index contributed by atoms with van der Waals surface area (Å²) in [5.41, 5.74) is 0. The molecule has 0 aliphatic carbocycles. The van der Waals surface area contributed by atoms with Crippen molar-refractivity contribution in [1.29, 1.82) is 0 Å². The summed E-state index contributed by atoms with van der Waals surface area (Å²) in [7, 11) is 0. The molecule has 15 heavy (non-hydrogen) atoms. The molecule has 0 rings (SSSR count). The highest BCUT2D eigenvalue weighted by Gasteiger charge is 2.06. The van der Waals surface area contributed by atoms with Gasteiger partial charge in [-0.25, -0.2) is 0 Å². The molecule has 0 aliphatic rings. The number of thioether (sulfide) groups is 1. The molecule has 0 fully saturated rings. The van der Waals surface area contributed by atoms with E-state index in [0.29, 0.717) is 11.5 Å². The Morgan fingerprint density at radius 1 is 0.933 bits per heavy atom. The van der Waals surface area contributed by atoms with Crippen molar-refractivity contribution >= 4 is 23.6 Å². The summed E-state index contributed by atoms with van der Waals surface area (Å²) < 4.78 is 0. The molecule has 0 spiro atoms. The largest absolute Gasteiger partial charge is 0.353 e. The monoisotopic (exact) mass is 232 g/mol. The second-order valence-electron chi connectivity index (χ2n) is 3.94. The molecular weight excluding hydrogens is 212 g/mol. The zero-order chi connectivity index (χ0) is 11.8. The molecule has 0 unspecified atom stereocenters. The van der Waals surface area contributed by atoms with Gasteiger partial charge in [0.1, 0.15) is 0 Å². The van der Waals surface area contributed by atoms with Crippen molar-refractivity contribution in [1.82, 2.24) is 10.6 Å². The highest BCUT2D eigenvalue weighted by Crippen LogP contribution is 1.99. The van der Waals surface area contributed by atoms with Crippen LogP contribution in [-0.2, 0) is 9.59 Å². The third-order valence-electron chi connectivity index (χ3n) is 1.37. The van der Waals surface area contributed by atoms with Crippen molar-refractivity contribution < 1.29 is 9.59 Å². The van der Waals surface area contributed by atoms with Gasteiger partial charge in [-0.05, 0) is 27.7 Å². The van der Waals surface area contributed by atoms with E-state index in [2.05, 4.69) is 10.6 Å². The Bertz CT molecular complexity index is 195. The van der Waals surface area contributed by atoms with Crippen molar-refractivity contribution in [2.24, 2.45) is 0 Å². The summed E-state index contributed by atoms with van der Waals surface area (Å²) in [6.45, 7) is 7.64. The smallest absolute Gasteiger partial charge is 0.230 e. The fourth-order valence-electron chi connectivity index (χ4n) is 0.964. The molecule has 2 amide bonds. The molecular formula is C10H20N2O2S. The number of hydrogen-bond donors (Lipinski definition) is 2. The number of amides is 2. The molecule has 0 saturated heterocycles. The molecule has 0 saturated carbocycles. The SMILES string of the molecule is CC(C)NC(=O)CSCC(=O)NC(C)C. The van der Waals surface area contributed by atoms with Gasteiger partial charge in [-0.3, -0.25) is 9.59 Å². The molecule has 0 heterocycles. The molecule has 5 heteroatoms. The lowest BCUT2D eigenvalue weighted by Crippen LogP contribution is -2.34. The van der Waals surface area contributed by atoms with E-state index in [1.807, 2.05) is 27.7 Å². The summed E-state index contributed by atoms with van der Waals surface area (Å²) in [4.78, 5) is 22.4. The van der Waals surface area contributed by atoms with Gasteiger partial charge in [-0.15, -0.1) is 11.8 Å². The molecule has 2 N–H and O–H groups in total. The van der Waals surface area contributed by atoms with Crippen LogP contribution in [0.5, 0.6) is 0 Å². The second kappa shape index (κ2) is 7.56. The number of carbonyl (C=O) groups excluding carboxylic acids is 2. The van der Waals surface area contributed by atoms with E-state index in [1.54, 1.807) is 0 Å². The van der Waals surface area contributed by atoms with Gasteiger partial charge < -0.3 is 10.6 Å². The molecule has 0 aromatic heterocycles. The van der Waals surface area contributed by atoms with E-state index in [4.69, 9.17) is 0 Å². The van der Waals surface area contributed by atoms with Crippen molar-refractivity contribution in [3.8, 4) is 0 Å². The van der Waals surface area contributed by atoms with Crippen LogP contribution in [0.3, 0.4) is 0 Å². The molecule has 0 bridgehead atoms. The Labute approximate surface area is 95.6 Å². The third-order valence-corrected chi connectivity index (χ3v) is 2.30. The molecule has 0 aliphatic heterocycles. The van der Waals surface area contributed by atoms with Crippen LogP contribution in [0.2, 0.25) is 0 Å². The van der Waals surface area contributed by atoms with Crippen LogP contribution >= 0.6 is 11.8 Å². The van der Waals surface area contributed by atoms with Gasteiger partial charge in [0.05, 0.1) is 11.5 Å². The molecule has 0 aromatic carbocycles. The van der Waals surface area contributed by atoms with Gasteiger partial charge >= 0.3 is 0 Å². The fourth-order valence-corrected chi connectivity index (χ4v) is 1.60. The molecule has 4 nitrogen and oxygen atoms in total. The maximum atomic E-state index is 11.2. The predicted octanol–water partition coefficient (Wildman–Crippen LogP) is 0.769. The topological polar surface area (TPSA) is 58.2 Å². The lowest BCUT2D eigenvalue weighted by molar-refractivity contribution is -0.119. The first-order chi connectivity index (χ1) is 6.91. The molecule has 88 valence electrons. The van der Waals surface area contributed by atoms with Crippen molar-refractivity contribution in [2.75, 3.05) is 11.5 Å². The molecule has 0 radical (unpaired) electrons. The zero-order valence-corrected chi connectivity index (χ0v) is 10.6. The Morgan fingerprint density at radius 3 is 1.53 bits per heavy atom. The van der Waals surface area contributed by atoms with Crippen molar-refractivity contribution in [3.63, 3.8) is 0 Å². The van der Waals surface area contributed by atoms with Crippen LogP contribution in [0, 0.1) is 0 Å². The highest BCUT2D eigenvalue weighted by atomic mass is 32.2. The number of hydrogen-bond acceptors (Lipinski definition) is 3. The van der Waals surface area contributed by atoms with Crippen LogP contribution in [0.1, 0.15) is 27.7 Å². The van der Waals surface area contributed by atoms with Gasteiger partial charge in [0.25, 0.3) is 0 Å². The van der Waals surface area contributed by atoms with Crippen LogP contribution in [0.25, 0.3) is 0 Å². The molecule has 0 atom stereocenters. The Balaban J connectivity index is 3.53. The summed E-state index contributed by atoms with van der Waals surface area (Å²) in [5.74, 6) is 0.632. The summed E-state index contributed by atoms with van der Waals surface area (Å²) in [5, 5.41) is 5.53. The Kier molecular flexibility index (Phi) is 7.21. The van der Waals surface area contributed by atoms with Crippen LogP contribution < -0.4 is 10.6 Å². The standard InChI is InChI=1S/C10H20N2O2S/c1-7(2)11-9(13)5-15-6-10(14)12-8(3)4/h7-8H,5-6H2,1-4H3,(H,11,13)(H,12,14). The lowest BCUT2D eigenvalue weighted by Gasteiger charge is -2.09. The Hall–Kier alpha value is -0.710. The van der Waals surface area contributed by atoms with Crippen molar-refractivity contribution in [3.05, 3.63) is 0 Å². The van der Waals surface area contributed by atoms with E-state index >= 15 is 0 Å². The quantitative estimate of drug-likeness (QED) is 0.711. The normalized spacial score (nSPS) is 10.5. The molecule has 0 aromatic rings. The summed E-state index contributed by atoms with van der Waals surface area (Å²) >= 11 is 1.33. The Morgan fingerprint density at radius 2 is 1.27 bits per heavy atom. The average Bonchev–Trinajstić information content (AvgIpc) is 2.00. The van der Waals surface area contributed by atoms with Gasteiger partial charge in [-0.1, -0.05) is 0 Å². The van der Waals surface area contributed by atoms with Gasteiger partial charge in [0.2, 0.25) is 11.8 Å². The van der Waals surface area contributed by atoms with Crippen LogP contribution in [0.4, 0.5) is 0 Å². The van der Waals surface area contributed by atoms with Crippen LogP contribution in [0.15, 0.2) is 0 Å². The minimum atomic E-state index is -0.0210. The highest BCUT2D eigenvalue weighted by molar-refractivity contribution is 8.00. The maximum Gasteiger partial charge on any atom is 0.230 e. The minimum Gasteiger partial charge on any atom is -0.353 e. The van der Waals surface area contributed by atoms with E-state index < -0.39 is 0 Å². The fraction of sp³-hybridized carbons (Fsp3) is 0.800. The van der Waals surface area contributed by atoms with E-state index in [9.17, 15) is 9.59 Å². The van der Waals surface area contributed by atoms with Gasteiger partial charge in [0, 0.05) is 12.1 Å². The lowest BCUT2D eigenvalue weighted by atomic mass is 10.4. The first kappa shape index (κ1) is 14.3. The summed E-state index contributed by atoms with van der Waals surface area (Å²) in [6.07, 6.45) is 0. The van der Waals surface area contributed by atoms with Crippen molar-refractivity contribution in [2.45, 2.75) is 39.8 Å². The first-order valence-corrected chi connectivity index (χ1v) is 6.23. The van der Waals surface area contributed by atoms with Gasteiger partial charge in [0.15, 0.2) is 0 Å². The maximum absolute atomic E-state index is 11.2. The van der Waals surface area contributed by atoms with E-state index in [0.717, 1.165) is 0 Å². The van der Waals surface area contributed by atoms with E-state index in [1.165, 1.54) is 11.8 Å². The van der Waals surface area contributed by atoms with Gasteiger partial charge in [-0.2, -0.15) is 0 Å². The zero-order valence-electron chi connectivity index (χ0n) is 9.79.